The first-order chi connectivity index (χ1) is 7.65. The maximum atomic E-state index is 11.9. The van der Waals surface area contributed by atoms with Crippen LogP contribution in [0.15, 0.2) is 29.2 Å². The fourth-order valence-corrected chi connectivity index (χ4v) is 2.13. The predicted octanol–water partition coefficient (Wildman–Crippen LogP) is 2.74. The average Bonchev–Trinajstić information content (AvgIpc) is 2.16. The van der Waals surface area contributed by atoms with E-state index >= 15 is 0 Å². The lowest BCUT2D eigenvalue weighted by atomic mass is 10.1. The van der Waals surface area contributed by atoms with Crippen LogP contribution < -0.4 is 0 Å². The maximum Gasteiger partial charge on any atom is 0.297 e. The van der Waals surface area contributed by atoms with Crippen molar-refractivity contribution in [3.8, 4) is 0 Å². The van der Waals surface area contributed by atoms with Crippen molar-refractivity contribution >= 4 is 10.1 Å². The summed E-state index contributed by atoms with van der Waals surface area (Å²) in [6.07, 6.45) is -1.45. The molecule has 0 heterocycles. The van der Waals surface area contributed by atoms with Crippen molar-refractivity contribution in [1.82, 2.24) is 0 Å². The van der Waals surface area contributed by atoms with E-state index in [1.807, 2.05) is 6.92 Å². The Morgan fingerprint density at radius 2 is 1.69 bits per heavy atom. The molecule has 4 heteroatoms. The molecule has 1 unspecified atom stereocenters. The molecule has 0 radical (unpaired) electrons. The van der Waals surface area contributed by atoms with Gasteiger partial charge >= 0.3 is 0 Å². The molecule has 0 saturated heterocycles. The van der Waals surface area contributed by atoms with Crippen molar-refractivity contribution in [2.75, 3.05) is 0 Å². The molecule has 1 aromatic carbocycles. The van der Waals surface area contributed by atoms with Gasteiger partial charge in [0, 0.05) is 0 Å². The number of rotatable bonds is 4. The SMILES string of the molecule is [2H]C(C)(OS(=O)(=O)c1ccc(C)cc1)C(C)C. The van der Waals surface area contributed by atoms with Crippen molar-refractivity contribution in [3.05, 3.63) is 29.8 Å². The average molecular weight is 243 g/mol. The van der Waals surface area contributed by atoms with Crippen LogP contribution in [0.2, 0.25) is 0 Å². The standard InChI is InChI=1S/C12H18O3S/c1-9(2)11(4)15-16(13,14)12-7-5-10(3)6-8-12/h5-9,11H,1-4H3/i11D. The normalized spacial score (nSPS) is 16.9. The molecule has 1 rings (SSSR count). The van der Waals surface area contributed by atoms with Crippen molar-refractivity contribution < 1.29 is 14.0 Å². The van der Waals surface area contributed by atoms with Gasteiger partial charge in [-0.1, -0.05) is 31.5 Å². The molecular formula is C12H18O3S. The molecule has 90 valence electrons. The van der Waals surface area contributed by atoms with Crippen LogP contribution >= 0.6 is 0 Å². The molecule has 3 nitrogen and oxygen atoms in total. The summed E-state index contributed by atoms with van der Waals surface area (Å²) in [7, 11) is -3.87. The highest BCUT2D eigenvalue weighted by molar-refractivity contribution is 7.86. The first kappa shape index (κ1) is 11.6. The fourth-order valence-electron chi connectivity index (χ4n) is 1.02. The van der Waals surface area contributed by atoms with Crippen LogP contribution in [0.3, 0.4) is 0 Å². The van der Waals surface area contributed by atoms with Crippen molar-refractivity contribution in [1.29, 1.82) is 0 Å². The zero-order valence-corrected chi connectivity index (χ0v) is 10.8. The van der Waals surface area contributed by atoms with Gasteiger partial charge in [-0.25, -0.2) is 0 Å². The first-order valence-corrected chi connectivity index (χ1v) is 6.58. The summed E-state index contributed by atoms with van der Waals surface area (Å²) in [6.45, 7) is 6.82. The van der Waals surface area contributed by atoms with Gasteiger partial charge in [0.05, 0.1) is 12.3 Å². The summed E-state index contributed by atoms with van der Waals surface area (Å²) in [4.78, 5) is 0.0854. The summed E-state index contributed by atoms with van der Waals surface area (Å²) in [5.74, 6) is -0.220. The van der Waals surface area contributed by atoms with Gasteiger partial charge in [0.15, 0.2) is 0 Å². The third-order valence-corrected chi connectivity index (χ3v) is 3.70. The van der Waals surface area contributed by atoms with E-state index in [1.54, 1.807) is 26.0 Å². The number of hydrogen-bond donors (Lipinski definition) is 0. The fraction of sp³-hybridized carbons (Fsp3) is 0.500. The van der Waals surface area contributed by atoms with Crippen molar-refractivity contribution in [2.24, 2.45) is 5.92 Å². The summed E-state index contributed by atoms with van der Waals surface area (Å²) in [5.41, 5.74) is 0.974. The second-order valence-corrected chi connectivity index (χ2v) is 5.66. The van der Waals surface area contributed by atoms with E-state index in [2.05, 4.69) is 0 Å². The molecule has 0 bridgehead atoms. The van der Waals surface area contributed by atoms with Gasteiger partial charge in [-0.15, -0.1) is 0 Å². The molecule has 0 saturated carbocycles. The molecule has 16 heavy (non-hydrogen) atoms. The summed E-state index contributed by atoms with van der Waals surface area (Å²) in [5, 5.41) is 0. The van der Waals surface area contributed by atoms with Gasteiger partial charge in [0.2, 0.25) is 0 Å². The van der Waals surface area contributed by atoms with Gasteiger partial charge in [-0.05, 0) is 31.9 Å². The van der Waals surface area contributed by atoms with Crippen LogP contribution in [0.25, 0.3) is 0 Å². The Balaban J connectivity index is 3.01. The molecule has 0 spiro atoms. The van der Waals surface area contributed by atoms with Crippen LogP contribution in [0.1, 0.15) is 27.7 Å². The van der Waals surface area contributed by atoms with E-state index < -0.39 is 16.2 Å². The van der Waals surface area contributed by atoms with E-state index in [9.17, 15) is 8.42 Å². The summed E-state index contributed by atoms with van der Waals surface area (Å²) >= 11 is 0. The Bertz CT molecular complexity index is 475. The minimum absolute atomic E-state index is 0.0854. The quantitative estimate of drug-likeness (QED) is 0.764. The van der Waals surface area contributed by atoms with E-state index in [-0.39, 0.29) is 10.8 Å². The highest BCUT2D eigenvalue weighted by Crippen LogP contribution is 2.17. The monoisotopic (exact) mass is 243 g/mol. The molecule has 0 N–H and O–H groups in total. The largest absolute Gasteiger partial charge is 0.297 e. The van der Waals surface area contributed by atoms with Crippen LogP contribution in [-0.4, -0.2) is 14.5 Å². The lowest BCUT2D eigenvalue weighted by Gasteiger charge is -2.16. The van der Waals surface area contributed by atoms with Gasteiger partial charge in [-0.2, -0.15) is 8.42 Å². The molecule has 0 aliphatic rings. The number of aryl methyl sites for hydroxylation is 1. The highest BCUT2D eigenvalue weighted by atomic mass is 32.2. The van der Waals surface area contributed by atoms with E-state index in [0.29, 0.717) is 0 Å². The lowest BCUT2D eigenvalue weighted by Crippen LogP contribution is -2.20. The molecule has 1 aromatic rings. The van der Waals surface area contributed by atoms with Gasteiger partial charge < -0.3 is 0 Å². The minimum Gasteiger partial charge on any atom is -0.263 e. The Hall–Kier alpha value is -0.870. The number of hydrogen-bond acceptors (Lipinski definition) is 3. The van der Waals surface area contributed by atoms with Crippen LogP contribution in [0, 0.1) is 12.8 Å². The zero-order chi connectivity index (χ0) is 13.3. The lowest BCUT2D eigenvalue weighted by molar-refractivity contribution is 0.178. The minimum atomic E-state index is -3.87. The van der Waals surface area contributed by atoms with Crippen molar-refractivity contribution in [3.63, 3.8) is 0 Å². The number of benzene rings is 1. The van der Waals surface area contributed by atoms with Crippen LogP contribution in [0.5, 0.6) is 0 Å². The smallest absolute Gasteiger partial charge is 0.263 e. The van der Waals surface area contributed by atoms with Gasteiger partial charge in [0.25, 0.3) is 10.1 Å². The first-order valence-electron chi connectivity index (χ1n) is 5.67. The Kier molecular flexibility index (Phi) is 3.61. The Labute approximate surface area is 99.0 Å². The summed E-state index contributed by atoms with van der Waals surface area (Å²) in [6, 6.07) is 6.38. The second-order valence-electron chi connectivity index (χ2n) is 4.12. The third-order valence-electron chi connectivity index (χ3n) is 2.36. The van der Waals surface area contributed by atoms with Crippen LogP contribution in [0.4, 0.5) is 0 Å². The van der Waals surface area contributed by atoms with Crippen molar-refractivity contribution in [2.45, 2.75) is 38.7 Å². The summed E-state index contributed by atoms with van der Waals surface area (Å²) < 4.78 is 36.6. The van der Waals surface area contributed by atoms with E-state index in [0.717, 1.165) is 5.56 Å². The molecule has 0 fully saturated rings. The molecular weight excluding hydrogens is 224 g/mol. The van der Waals surface area contributed by atoms with Gasteiger partial charge in [0.1, 0.15) is 0 Å². The van der Waals surface area contributed by atoms with E-state index in [4.69, 9.17) is 5.55 Å². The third kappa shape index (κ3) is 3.32. The van der Waals surface area contributed by atoms with E-state index in [1.165, 1.54) is 19.1 Å². The molecule has 0 amide bonds. The maximum absolute atomic E-state index is 11.9. The van der Waals surface area contributed by atoms with Gasteiger partial charge in [-0.3, -0.25) is 4.18 Å². The zero-order valence-electron chi connectivity index (χ0n) is 11.0. The van der Waals surface area contributed by atoms with Crippen LogP contribution in [-0.2, 0) is 14.3 Å². The topological polar surface area (TPSA) is 43.4 Å². The molecule has 0 aromatic heterocycles. The molecule has 1 atom stereocenters. The highest BCUT2D eigenvalue weighted by Gasteiger charge is 2.20. The Morgan fingerprint density at radius 1 is 1.19 bits per heavy atom. The Morgan fingerprint density at radius 3 is 2.12 bits per heavy atom. The molecule has 0 aliphatic heterocycles. The predicted molar refractivity (Wildman–Crippen MR) is 63.7 cm³/mol. The second kappa shape index (κ2) is 4.97. The molecule has 0 aliphatic carbocycles.